The van der Waals surface area contributed by atoms with Crippen molar-refractivity contribution in [3.8, 4) is 22.9 Å². The molecule has 0 spiro atoms. The number of hydrogen-bond acceptors (Lipinski definition) is 9. The van der Waals surface area contributed by atoms with Gasteiger partial charge in [-0.25, -0.2) is 15.0 Å². The van der Waals surface area contributed by atoms with Gasteiger partial charge in [0, 0.05) is 66.9 Å². The Morgan fingerprint density at radius 1 is 1.00 bits per heavy atom. The van der Waals surface area contributed by atoms with Gasteiger partial charge >= 0.3 is 5.97 Å². The number of piperazine rings is 1. The second-order valence-corrected chi connectivity index (χ2v) is 13.3. The number of piperidine rings is 1. The molecule has 45 heavy (non-hydrogen) atoms. The number of carbonyl (C=O) groups is 1. The Labute approximate surface area is 275 Å². The van der Waals surface area contributed by atoms with Crippen LogP contribution in [0.4, 0.5) is 5.95 Å². The van der Waals surface area contributed by atoms with Crippen molar-refractivity contribution >= 4 is 35.1 Å². The predicted octanol–water partition coefficient (Wildman–Crippen LogP) is 5.79. The fourth-order valence-corrected chi connectivity index (χ4v) is 6.57. The molecule has 0 bridgehead atoms. The molecule has 2 aliphatic rings. The molecule has 10 nitrogen and oxygen atoms in total. The molecule has 2 saturated heterocycles. The van der Waals surface area contributed by atoms with E-state index in [4.69, 9.17) is 38.0 Å². The summed E-state index contributed by atoms with van der Waals surface area (Å²) in [5.41, 5.74) is 2.52. The molecule has 0 amide bonds. The lowest BCUT2D eigenvalue weighted by molar-refractivity contribution is -0.138. The zero-order valence-electron chi connectivity index (χ0n) is 26.3. The smallest absolute Gasteiger partial charge is 0.303 e. The lowest BCUT2D eigenvalue weighted by atomic mass is 9.93. The van der Waals surface area contributed by atoms with Gasteiger partial charge in [0.2, 0.25) is 11.8 Å². The summed E-state index contributed by atoms with van der Waals surface area (Å²) in [7, 11) is 4.24. The third-order valence-corrected chi connectivity index (χ3v) is 9.08. The number of likely N-dealkylation sites (tertiary alicyclic amines) is 1. The second-order valence-electron chi connectivity index (χ2n) is 12.5. The van der Waals surface area contributed by atoms with Gasteiger partial charge in [-0.15, -0.1) is 0 Å². The average Bonchev–Trinajstić information content (AvgIpc) is 3.00. The number of hydrogen-bond donors (Lipinski definition) is 1. The maximum atomic E-state index is 11.2. The number of carboxylic acids is 1. The number of aromatic nitrogens is 3. The summed E-state index contributed by atoms with van der Waals surface area (Å²) in [6, 6.07) is 9.87. The molecule has 1 aromatic carbocycles. The van der Waals surface area contributed by atoms with E-state index >= 15 is 0 Å². The molecule has 4 heterocycles. The quantitative estimate of drug-likeness (QED) is 0.258. The standard InChI is InChI=1S/C33H43Cl2N7O3/c1-23(4-7-39(2)3)41-10-12-42(13-11-41)33-36-20-29(21-37-33)45-31-15-25(22-40-8-5-24(6-9-40)16-32(43)44)14-30(38-31)26-17-27(34)19-28(35)18-26/h14-15,17-21,23-24H,4-13,16,22H2,1-3H3,(H,43,44). The van der Waals surface area contributed by atoms with E-state index in [-0.39, 0.29) is 12.3 Å². The third-order valence-electron chi connectivity index (χ3n) is 8.65. The lowest BCUT2D eigenvalue weighted by Gasteiger charge is -2.38. The van der Waals surface area contributed by atoms with Gasteiger partial charge in [-0.3, -0.25) is 14.6 Å². The summed E-state index contributed by atoms with van der Waals surface area (Å²) in [5, 5.41) is 10.2. The first-order chi connectivity index (χ1) is 21.6. The highest BCUT2D eigenvalue weighted by Gasteiger charge is 2.24. The Bertz CT molecular complexity index is 1410. The van der Waals surface area contributed by atoms with Crippen molar-refractivity contribution in [3.63, 3.8) is 0 Å². The molecule has 5 rings (SSSR count). The molecular formula is C33H43Cl2N7O3. The first-order valence-corrected chi connectivity index (χ1v) is 16.4. The van der Waals surface area contributed by atoms with E-state index < -0.39 is 5.97 Å². The van der Waals surface area contributed by atoms with Gasteiger partial charge < -0.3 is 19.6 Å². The highest BCUT2D eigenvalue weighted by molar-refractivity contribution is 6.35. The van der Waals surface area contributed by atoms with E-state index in [0.717, 1.165) is 76.2 Å². The van der Waals surface area contributed by atoms with Crippen molar-refractivity contribution in [1.29, 1.82) is 0 Å². The van der Waals surface area contributed by atoms with Crippen molar-refractivity contribution < 1.29 is 14.6 Å². The third kappa shape index (κ3) is 9.73. The monoisotopic (exact) mass is 655 g/mol. The number of rotatable bonds is 12. The van der Waals surface area contributed by atoms with Crippen LogP contribution in [0, 0.1) is 5.92 Å². The number of ether oxygens (including phenoxy) is 1. The Balaban J connectivity index is 1.26. The number of carboxylic acid groups (broad SMARTS) is 1. The van der Waals surface area contributed by atoms with E-state index in [2.05, 4.69) is 50.6 Å². The number of nitrogens with zero attached hydrogens (tertiary/aromatic N) is 7. The first kappa shape index (κ1) is 33.3. The Hall–Kier alpha value is -3.02. The van der Waals surface area contributed by atoms with Crippen LogP contribution in [0.15, 0.2) is 42.7 Å². The largest absolute Gasteiger partial charge is 0.481 e. The first-order valence-electron chi connectivity index (χ1n) is 15.7. The van der Waals surface area contributed by atoms with Gasteiger partial charge in [0.05, 0.1) is 18.1 Å². The number of anilines is 1. The molecular weight excluding hydrogens is 613 g/mol. The SMILES string of the molecule is CC(CCN(C)C)N1CCN(c2ncc(Oc3cc(CN4CCC(CC(=O)O)CC4)cc(-c4cc(Cl)cc(Cl)c4)n3)cn2)CC1. The van der Waals surface area contributed by atoms with E-state index in [1.807, 2.05) is 24.3 Å². The van der Waals surface area contributed by atoms with Gasteiger partial charge in [-0.1, -0.05) is 23.2 Å². The van der Waals surface area contributed by atoms with Crippen LogP contribution in [0.3, 0.4) is 0 Å². The summed E-state index contributed by atoms with van der Waals surface area (Å²) >= 11 is 12.6. The summed E-state index contributed by atoms with van der Waals surface area (Å²) in [5.74, 6) is 1.13. The Kier molecular flexibility index (Phi) is 11.5. The van der Waals surface area contributed by atoms with Crippen molar-refractivity contribution in [2.24, 2.45) is 5.92 Å². The van der Waals surface area contributed by atoms with E-state index in [1.165, 1.54) is 0 Å². The zero-order chi connectivity index (χ0) is 31.9. The van der Waals surface area contributed by atoms with Gasteiger partial charge in [0.15, 0.2) is 5.75 Å². The summed E-state index contributed by atoms with van der Waals surface area (Å²) in [4.78, 5) is 34.5. The maximum absolute atomic E-state index is 11.2. The predicted molar refractivity (Wildman–Crippen MR) is 178 cm³/mol. The molecule has 0 saturated carbocycles. The van der Waals surface area contributed by atoms with Crippen LogP contribution >= 0.6 is 23.2 Å². The topological polar surface area (TPSA) is 98.2 Å². The van der Waals surface area contributed by atoms with Crippen molar-refractivity contribution in [1.82, 2.24) is 29.7 Å². The lowest BCUT2D eigenvalue weighted by Crippen LogP contribution is -2.50. The second kappa shape index (κ2) is 15.5. The van der Waals surface area contributed by atoms with Crippen LogP contribution in [0.25, 0.3) is 11.3 Å². The van der Waals surface area contributed by atoms with Crippen molar-refractivity contribution in [3.05, 3.63) is 58.3 Å². The minimum Gasteiger partial charge on any atom is -0.481 e. The minimum absolute atomic E-state index is 0.225. The molecule has 3 aromatic rings. The van der Waals surface area contributed by atoms with Crippen LogP contribution in [-0.2, 0) is 11.3 Å². The van der Waals surface area contributed by atoms with Crippen LogP contribution in [0.1, 0.15) is 38.2 Å². The van der Waals surface area contributed by atoms with Crippen LogP contribution < -0.4 is 9.64 Å². The van der Waals surface area contributed by atoms with E-state index in [0.29, 0.717) is 45.9 Å². The molecule has 0 radical (unpaired) electrons. The van der Waals surface area contributed by atoms with Gasteiger partial charge in [-0.05, 0) is 95.7 Å². The molecule has 1 unspecified atom stereocenters. The summed E-state index contributed by atoms with van der Waals surface area (Å²) in [6.45, 7) is 9.51. The highest BCUT2D eigenvalue weighted by atomic mass is 35.5. The van der Waals surface area contributed by atoms with Crippen molar-refractivity contribution in [2.45, 2.75) is 45.2 Å². The normalized spacial score (nSPS) is 17.5. The molecule has 0 aliphatic carbocycles. The molecule has 2 fully saturated rings. The fourth-order valence-electron chi connectivity index (χ4n) is 6.04. The summed E-state index contributed by atoms with van der Waals surface area (Å²) in [6.07, 6.45) is 6.52. The van der Waals surface area contributed by atoms with Crippen molar-refractivity contribution in [2.75, 3.05) is 64.8 Å². The molecule has 12 heteroatoms. The number of aliphatic carboxylic acids is 1. The molecule has 1 N–H and O–H groups in total. The number of pyridine rings is 1. The van der Waals surface area contributed by atoms with Gasteiger partial charge in [0.25, 0.3) is 0 Å². The number of benzene rings is 1. The fraction of sp³-hybridized carbons (Fsp3) is 0.515. The van der Waals surface area contributed by atoms with E-state index in [9.17, 15) is 4.79 Å². The average molecular weight is 657 g/mol. The molecule has 242 valence electrons. The Morgan fingerprint density at radius 3 is 2.29 bits per heavy atom. The maximum Gasteiger partial charge on any atom is 0.303 e. The zero-order valence-corrected chi connectivity index (χ0v) is 27.8. The van der Waals surface area contributed by atoms with Crippen LogP contribution in [0.2, 0.25) is 10.0 Å². The number of halogens is 2. The molecule has 1 atom stereocenters. The van der Waals surface area contributed by atoms with E-state index in [1.54, 1.807) is 18.5 Å². The summed E-state index contributed by atoms with van der Waals surface area (Å²) < 4.78 is 6.21. The minimum atomic E-state index is -0.727. The van der Waals surface area contributed by atoms with Crippen LogP contribution in [0.5, 0.6) is 11.6 Å². The molecule has 2 aliphatic heterocycles. The van der Waals surface area contributed by atoms with Crippen LogP contribution in [-0.4, -0.2) is 107 Å². The Morgan fingerprint density at radius 2 is 1.67 bits per heavy atom. The van der Waals surface area contributed by atoms with Gasteiger partial charge in [-0.2, -0.15) is 0 Å². The highest BCUT2D eigenvalue weighted by Crippen LogP contribution is 2.31. The van der Waals surface area contributed by atoms with Gasteiger partial charge in [0.1, 0.15) is 0 Å². The molecule has 2 aromatic heterocycles.